The molecule has 104 valence electrons. The fraction of sp³-hybridized carbons (Fsp3) is 0.294. The van der Waals surface area contributed by atoms with Gasteiger partial charge in [0.1, 0.15) is 5.75 Å². The zero-order chi connectivity index (χ0) is 14.3. The second-order valence-corrected chi connectivity index (χ2v) is 6.17. The van der Waals surface area contributed by atoms with Crippen molar-refractivity contribution in [3.8, 4) is 5.75 Å². The highest BCUT2D eigenvalue weighted by molar-refractivity contribution is 9.10. The lowest BCUT2D eigenvalue weighted by molar-refractivity contribution is 0.352. The lowest BCUT2D eigenvalue weighted by Gasteiger charge is -2.18. The van der Waals surface area contributed by atoms with Crippen molar-refractivity contribution in [1.82, 2.24) is 0 Å². The molecule has 0 fully saturated rings. The number of rotatable bonds is 2. The predicted molar refractivity (Wildman–Crippen MR) is 85.3 cm³/mol. The van der Waals surface area contributed by atoms with E-state index in [9.17, 15) is 0 Å². The van der Waals surface area contributed by atoms with Crippen molar-refractivity contribution in [2.45, 2.75) is 26.3 Å². The topological polar surface area (TPSA) is 35.2 Å². The first-order valence-corrected chi connectivity index (χ1v) is 7.64. The van der Waals surface area contributed by atoms with Crippen molar-refractivity contribution < 1.29 is 4.74 Å². The van der Waals surface area contributed by atoms with Gasteiger partial charge < -0.3 is 10.5 Å². The number of hydrogen-bond acceptors (Lipinski definition) is 2. The Morgan fingerprint density at radius 1 is 1.20 bits per heavy atom. The number of benzene rings is 2. The van der Waals surface area contributed by atoms with E-state index in [-0.39, 0.29) is 6.04 Å². The molecule has 1 unspecified atom stereocenters. The minimum Gasteiger partial charge on any atom is -0.493 e. The summed E-state index contributed by atoms with van der Waals surface area (Å²) in [5.41, 5.74) is 12.4. The van der Waals surface area contributed by atoms with E-state index < -0.39 is 0 Å². The van der Waals surface area contributed by atoms with Gasteiger partial charge in [0.2, 0.25) is 0 Å². The zero-order valence-electron chi connectivity index (χ0n) is 11.7. The van der Waals surface area contributed by atoms with E-state index >= 15 is 0 Å². The average Bonchev–Trinajstić information content (AvgIpc) is 2.91. The molecular weight excluding hydrogens is 314 g/mol. The molecule has 1 heterocycles. The summed E-state index contributed by atoms with van der Waals surface area (Å²) in [4.78, 5) is 0. The molecule has 2 aromatic rings. The van der Waals surface area contributed by atoms with Crippen molar-refractivity contribution in [3.05, 3.63) is 62.6 Å². The van der Waals surface area contributed by atoms with Crippen LogP contribution in [0.25, 0.3) is 0 Å². The maximum atomic E-state index is 6.48. The molecule has 2 aromatic carbocycles. The number of fused-ring (bicyclic) bond motifs is 1. The molecule has 0 aliphatic carbocycles. The van der Waals surface area contributed by atoms with E-state index in [1.807, 2.05) is 0 Å². The molecule has 3 rings (SSSR count). The van der Waals surface area contributed by atoms with Gasteiger partial charge in [-0.25, -0.2) is 0 Å². The van der Waals surface area contributed by atoms with E-state index in [1.165, 1.54) is 16.7 Å². The first kappa shape index (κ1) is 13.7. The molecule has 3 heteroatoms. The van der Waals surface area contributed by atoms with Crippen LogP contribution in [0.3, 0.4) is 0 Å². The first-order valence-electron chi connectivity index (χ1n) is 6.84. The average molecular weight is 332 g/mol. The summed E-state index contributed by atoms with van der Waals surface area (Å²) in [7, 11) is 0. The van der Waals surface area contributed by atoms with Crippen LogP contribution in [-0.4, -0.2) is 6.61 Å². The van der Waals surface area contributed by atoms with Crippen molar-refractivity contribution >= 4 is 15.9 Å². The van der Waals surface area contributed by atoms with Crippen LogP contribution in [0.2, 0.25) is 0 Å². The summed E-state index contributed by atoms with van der Waals surface area (Å²) in [6.45, 7) is 4.95. The van der Waals surface area contributed by atoms with Crippen LogP contribution in [0.5, 0.6) is 5.75 Å². The number of ether oxygens (including phenoxy) is 1. The van der Waals surface area contributed by atoms with Crippen molar-refractivity contribution in [1.29, 1.82) is 0 Å². The second kappa shape index (κ2) is 5.23. The highest BCUT2D eigenvalue weighted by Gasteiger charge is 2.21. The van der Waals surface area contributed by atoms with Gasteiger partial charge in [-0.3, -0.25) is 0 Å². The molecule has 0 spiro atoms. The summed E-state index contributed by atoms with van der Waals surface area (Å²) in [5, 5.41) is 0. The van der Waals surface area contributed by atoms with Gasteiger partial charge in [0.15, 0.2) is 0 Å². The highest BCUT2D eigenvalue weighted by atomic mass is 79.9. The van der Waals surface area contributed by atoms with Crippen LogP contribution in [0.4, 0.5) is 0 Å². The van der Waals surface area contributed by atoms with E-state index in [2.05, 4.69) is 60.1 Å². The quantitative estimate of drug-likeness (QED) is 0.900. The molecule has 2 N–H and O–H groups in total. The standard InChI is InChI=1S/C17H18BrNO/c1-10-8-13(9-11(2)15(10)18)16(19)14-5-3-4-12-6-7-20-17(12)14/h3-5,8-9,16H,6-7,19H2,1-2H3. The van der Waals surface area contributed by atoms with Gasteiger partial charge in [-0.2, -0.15) is 0 Å². The lowest BCUT2D eigenvalue weighted by Crippen LogP contribution is -2.13. The van der Waals surface area contributed by atoms with Crippen LogP contribution < -0.4 is 10.5 Å². The first-order chi connectivity index (χ1) is 9.58. The van der Waals surface area contributed by atoms with Gasteiger partial charge >= 0.3 is 0 Å². The SMILES string of the molecule is Cc1cc(C(N)c2cccc3c2OCC3)cc(C)c1Br. The predicted octanol–water partition coefficient (Wildman–Crippen LogP) is 4.05. The summed E-state index contributed by atoms with van der Waals surface area (Å²) < 4.78 is 6.92. The van der Waals surface area contributed by atoms with Gasteiger partial charge in [0, 0.05) is 16.5 Å². The molecule has 1 aliphatic rings. The van der Waals surface area contributed by atoms with E-state index in [0.29, 0.717) is 0 Å². The van der Waals surface area contributed by atoms with Crippen molar-refractivity contribution in [2.24, 2.45) is 5.73 Å². The largest absolute Gasteiger partial charge is 0.493 e. The Bertz CT molecular complexity index is 643. The van der Waals surface area contributed by atoms with E-state index in [4.69, 9.17) is 10.5 Å². The molecule has 1 aliphatic heterocycles. The number of hydrogen-bond donors (Lipinski definition) is 1. The fourth-order valence-corrected chi connectivity index (χ4v) is 3.05. The third-order valence-corrected chi connectivity index (χ3v) is 5.15. The molecular formula is C17H18BrNO. The van der Waals surface area contributed by atoms with Crippen LogP contribution in [0, 0.1) is 13.8 Å². The summed E-state index contributed by atoms with van der Waals surface area (Å²) in [6, 6.07) is 10.4. The maximum Gasteiger partial charge on any atom is 0.127 e. The minimum atomic E-state index is -0.145. The maximum absolute atomic E-state index is 6.48. The van der Waals surface area contributed by atoms with Crippen molar-refractivity contribution in [3.63, 3.8) is 0 Å². The third-order valence-electron chi connectivity index (χ3n) is 3.90. The molecule has 0 bridgehead atoms. The van der Waals surface area contributed by atoms with Gasteiger partial charge in [-0.05, 0) is 36.1 Å². The summed E-state index contributed by atoms with van der Waals surface area (Å²) in [5.74, 6) is 0.984. The monoisotopic (exact) mass is 331 g/mol. The van der Waals surface area contributed by atoms with Crippen LogP contribution in [0.1, 0.15) is 33.9 Å². The summed E-state index contributed by atoms with van der Waals surface area (Å²) >= 11 is 3.60. The van der Waals surface area contributed by atoms with Crippen LogP contribution in [-0.2, 0) is 6.42 Å². The summed E-state index contributed by atoms with van der Waals surface area (Å²) in [6.07, 6.45) is 0.980. The molecule has 0 aromatic heterocycles. The molecule has 0 saturated heterocycles. The van der Waals surface area contributed by atoms with E-state index in [1.54, 1.807) is 0 Å². The number of halogens is 1. The van der Waals surface area contributed by atoms with Gasteiger partial charge in [0.05, 0.1) is 12.6 Å². The molecule has 0 amide bonds. The Balaban J connectivity index is 2.05. The molecule has 1 atom stereocenters. The van der Waals surface area contributed by atoms with Gasteiger partial charge in [-0.1, -0.05) is 46.3 Å². The normalized spacial score (nSPS) is 14.8. The lowest BCUT2D eigenvalue weighted by atomic mass is 9.94. The fourth-order valence-electron chi connectivity index (χ4n) is 2.82. The second-order valence-electron chi connectivity index (χ2n) is 5.38. The Morgan fingerprint density at radius 3 is 2.60 bits per heavy atom. The number of aryl methyl sites for hydroxylation is 2. The number of para-hydroxylation sites is 1. The Labute approximate surface area is 128 Å². The number of nitrogens with two attached hydrogens (primary N) is 1. The highest BCUT2D eigenvalue weighted by Crippen LogP contribution is 2.36. The van der Waals surface area contributed by atoms with Crippen molar-refractivity contribution in [2.75, 3.05) is 6.61 Å². The van der Waals surface area contributed by atoms with Crippen LogP contribution >= 0.6 is 15.9 Å². The molecule has 0 radical (unpaired) electrons. The Hall–Kier alpha value is -1.32. The van der Waals surface area contributed by atoms with Gasteiger partial charge in [-0.15, -0.1) is 0 Å². The zero-order valence-corrected chi connectivity index (χ0v) is 13.3. The third kappa shape index (κ3) is 2.25. The Kier molecular flexibility index (Phi) is 3.57. The van der Waals surface area contributed by atoms with Crippen LogP contribution in [0.15, 0.2) is 34.8 Å². The van der Waals surface area contributed by atoms with E-state index in [0.717, 1.165) is 34.4 Å². The van der Waals surface area contributed by atoms with Gasteiger partial charge in [0.25, 0.3) is 0 Å². The smallest absolute Gasteiger partial charge is 0.127 e. The molecule has 2 nitrogen and oxygen atoms in total. The Morgan fingerprint density at radius 2 is 1.90 bits per heavy atom. The minimum absolute atomic E-state index is 0.145. The molecule has 0 saturated carbocycles. The molecule has 20 heavy (non-hydrogen) atoms.